The van der Waals surface area contributed by atoms with Crippen molar-refractivity contribution in [2.75, 3.05) is 11.9 Å². The molecule has 0 saturated heterocycles. The SMILES string of the molecule is O=C(CN(Cc1ccccc1)Cc1ccccc1)Nc1ccc(F)c(Cl)c1. The monoisotopic (exact) mass is 382 g/mol. The van der Waals surface area contributed by atoms with Crippen molar-refractivity contribution < 1.29 is 9.18 Å². The number of halogens is 2. The van der Waals surface area contributed by atoms with Crippen LogP contribution in [0.1, 0.15) is 11.1 Å². The van der Waals surface area contributed by atoms with Gasteiger partial charge < -0.3 is 5.32 Å². The van der Waals surface area contributed by atoms with Crippen molar-refractivity contribution in [1.29, 1.82) is 0 Å². The second-order valence-electron chi connectivity index (χ2n) is 6.29. The van der Waals surface area contributed by atoms with Crippen LogP contribution >= 0.6 is 11.6 Å². The average Bonchev–Trinajstić information content (AvgIpc) is 2.66. The zero-order valence-corrected chi connectivity index (χ0v) is 15.5. The van der Waals surface area contributed by atoms with Gasteiger partial charge in [0.25, 0.3) is 0 Å². The zero-order chi connectivity index (χ0) is 19.1. The van der Waals surface area contributed by atoms with E-state index in [1.54, 1.807) is 0 Å². The van der Waals surface area contributed by atoms with E-state index in [4.69, 9.17) is 11.6 Å². The number of benzene rings is 3. The van der Waals surface area contributed by atoms with E-state index in [-0.39, 0.29) is 17.5 Å². The third kappa shape index (κ3) is 5.91. The molecule has 0 saturated carbocycles. The first-order chi connectivity index (χ1) is 13.1. The van der Waals surface area contributed by atoms with E-state index < -0.39 is 5.82 Å². The lowest BCUT2D eigenvalue weighted by Crippen LogP contribution is -2.32. The van der Waals surface area contributed by atoms with E-state index in [1.165, 1.54) is 18.2 Å². The van der Waals surface area contributed by atoms with Crippen molar-refractivity contribution in [2.24, 2.45) is 0 Å². The predicted molar refractivity (Wildman–Crippen MR) is 107 cm³/mol. The van der Waals surface area contributed by atoms with Gasteiger partial charge in [-0.05, 0) is 29.3 Å². The summed E-state index contributed by atoms with van der Waals surface area (Å²) in [5.41, 5.74) is 2.74. The molecule has 0 aliphatic carbocycles. The van der Waals surface area contributed by atoms with Crippen LogP contribution in [0.25, 0.3) is 0 Å². The van der Waals surface area contributed by atoms with E-state index >= 15 is 0 Å². The summed E-state index contributed by atoms with van der Waals surface area (Å²) in [5.74, 6) is -0.686. The van der Waals surface area contributed by atoms with E-state index in [0.717, 1.165) is 11.1 Å². The normalized spacial score (nSPS) is 10.8. The van der Waals surface area contributed by atoms with Gasteiger partial charge in [-0.25, -0.2) is 4.39 Å². The molecule has 3 rings (SSSR count). The van der Waals surface area contributed by atoms with Gasteiger partial charge in [0.15, 0.2) is 0 Å². The standard InChI is InChI=1S/C22H20ClFN2O/c23-20-13-19(11-12-21(20)24)25-22(27)16-26(14-17-7-3-1-4-8-17)15-18-9-5-2-6-10-18/h1-13H,14-16H2,(H,25,27). The second-order valence-corrected chi connectivity index (χ2v) is 6.70. The van der Waals surface area contributed by atoms with Gasteiger partial charge in [-0.1, -0.05) is 72.3 Å². The first-order valence-electron chi connectivity index (χ1n) is 8.65. The molecule has 0 aliphatic heterocycles. The summed E-state index contributed by atoms with van der Waals surface area (Å²) >= 11 is 5.78. The molecular formula is C22H20ClFN2O. The molecule has 138 valence electrons. The van der Waals surface area contributed by atoms with Crippen LogP contribution in [-0.2, 0) is 17.9 Å². The minimum atomic E-state index is -0.510. The predicted octanol–water partition coefficient (Wildman–Crippen LogP) is 5.12. The third-order valence-corrected chi connectivity index (χ3v) is 4.36. The number of hydrogen-bond donors (Lipinski definition) is 1. The number of nitrogens with zero attached hydrogens (tertiary/aromatic N) is 1. The Morgan fingerprint density at radius 1 is 0.889 bits per heavy atom. The average molecular weight is 383 g/mol. The van der Waals surface area contributed by atoms with Gasteiger partial charge in [0.2, 0.25) is 5.91 Å². The number of rotatable bonds is 7. The Morgan fingerprint density at radius 3 is 1.96 bits per heavy atom. The highest BCUT2D eigenvalue weighted by Gasteiger charge is 2.13. The van der Waals surface area contributed by atoms with Crippen LogP contribution in [0, 0.1) is 5.82 Å². The lowest BCUT2D eigenvalue weighted by molar-refractivity contribution is -0.117. The molecule has 0 spiro atoms. The lowest BCUT2D eigenvalue weighted by Gasteiger charge is -2.22. The largest absolute Gasteiger partial charge is 0.325 e. The third-order valence-electron chi connectivity index (χ3n) is 4.07. The van der Waals surface area contributed by atoms with E-state index in [2.05, 4.69) is 10.2 Å². The van der Waals surface area contributed by atoms with Gasteiger partial charge in [0, 0.05) is 18.8 Å². The maximum atomic E-state index is 13.3. The quantitative estimate of drug-likeness (QED) is 0.615. The fraction of sp³-hybridized carbons (Fsp3) is 0.136. The van der Waals surface area contributed by atoms with Crippen LogP contribution in [0.4, 0.5) is 10.1 Å². The molecule has 1 N–H and O–H groups in total. The van der Waals surface area contributed by atoms with Gasteiger partial charge in [0.05, 0.1) is 11.6 Å². The number of hydrogen-bond acceptors (Lipinski definition) is 2. The molecule has 0 heterocycles. The Labute approximate surface area is 163 Å². The first-order valence-corrected chi connectivity index (χ1v) is 9.03. The van der Waals surface area contributed by atoms with E-state index in [0.29, 0.717) is 18.8 Å². The molecule has 0 radical (unpaired) electrons. The number of carbonyl (C=O) groups is 1. The molecule has 0 fully saturated rings. The zero-order valence-electron chi connectivity index (χ0n) is 14.7. The van der Waals surface area contributed by atoms with Crippen LogP contribution < -0.4 is 5.32 Å². The molecule has 0 unspecified atom stereocenters. The van der Waals surface area contributed by atoms with E-state index in [9.17, 15) is 9.18 Å². The lowest BCUT2D eigenvalue weighted by atomic mass is 10.1. The van der Waals surface area contributed by atoms with Crippen LogP contribution in [0.2, 0.25) is 5.02 Å². The highest BCUT2D eigenvalue weighted by molar-refractivity contribution is 6.31. The second kappa shape index (κ2) is 9.31. The number of nitrogens with one attached hydrogen (secondary N) is 1. The molecule has 0 atom stereocenters. The molecule has 0 bridgehead atoms. The molecule has 3 nitrogen and oxygen atoms in total. The summed E-state index contributed by atoms with van der Waals surface area (Å²) in [6, 6.07) is 24.2. The van der Waals surface area contributed by atoms with Crippen molar-refractivity contribution in [3.8, 4) is 0 Å². The molecule has 1 amide bonds. The van der Waals surface area contributed by atoms with Gasteiger partial charge in [-0.15, -0.1) is 0 Å². The highest BCUT2D eigenvalue weighted by Crippen LogP contribution is 2.19. The van der Waals surface area contributed by atoms with Gasteiger partial charge in [-0.3, -0.25) is 9.69 Å². The summed E-state index contributed by atoms with van der Waals surface area (Å²) in [6.45, 7) is 1.50. The maximum absolute atomic E-state index is 13.3. The smallest absolute Gasteiger partial charge is 0.238 e. The van der Waals surface area contributed by atoms with Crippen molar-refractivity contribution in [3.63, 3.8) is 0 Å². The number of carbonyl (C=O) groups excluding carboxylic acids is 1. The summed E-state index contributed by atoms with van der Waals surface area (Å²) < 4.78 is 13.3. The Morgan fingerprint density at radius 2 is 1.44 bits per heavy atom. The van der Waals surface area contributed by atoms with Crippen LogP contribution in [0.3, 0.4) is 0 Å². The van der Waals surface area contributed by atoms with Crippen LogP contribution in [0.15, 0.2) is 78.9 Å². The molecule has 3 aromatic rings. The van der Waals surface area contributed by atoms with Gasteiger partial charge in [-0.2, -0.15) is 0 Å². The van der Waals surface area contributed by atoms with Crippen LogP contribution in [-0.4, -0.2) is 17.4 Å². The Balaban J connectivity index is 1.69. The number of amides is 1. The molecule has 27 heavy (non-hydrogen) atoms. The van der Waals surface area contributed by atoms with Crippen molar-refractivity contribution in [1.82, 2.24) is 4.90 Å². The maximum Gasteiger partial charge on any atom is 0.238 e. The first kappa shape index (κ1) is 19.1. The summed E-state index contributed by atoms with van der Waals surface area (Å²) in [4.78, 5) is 14.6. The highest BCUT2D eigenvalue weighted by atomic mass is 35.5. The molecule has 3 aromatic carbocycles. The number of anilines is 1. The Kier molecular flexibility index (Phi) is 6.58. The Bertz CT molecular complexity index is 846. The minimum Gasteiger partial charge on any atom is -0.325 e. The molecule has 0 aliphatic rings. The minimum absolute atomic E-state index is 0.0155. The summed E-state index contributed by atoms with van der Waals surface area (Å²) in [7, 11) is 0. The van der Waals surface area contributed by atoms with E-state index in [1.807, 2.05) is 60.7 Å². The topological polar surface area (TPSA) is 32.3 Å². The van der Waals surface area contributed by atoms with Crippen molar-refractivity contribution >= 4 is 23.2 Å². The molecule has 0 aromatic heterocycles. The molecule has 5 heteroatoms. The fourth-order valence-corrected chi connectivity index (χ4v) is 3.01. The summed E-state index contributed by atoms with van der Waals surface area (Å²) in [5, 5.41) is 2.76. The van der Waals surface area contributed by atoms with Crippen molar-refractivity contribution in [3.05, 3.63) is 101 Å². The van der Waals surface area contributed by atoms with Crippen LogP contribution in [0.5, 0.6) is 0 Å². The molecular weight excluding hydrogens is 363 g/mol. The Hall–Kier alpha value is -2.69. The van der Waals surface area contributed by atoms with Gasteiger partial charge >= 0.3 is 0 Å². The van der Waals surface area contributed by atoms with Crippen molar-refractivity contribution in [2.45, 2.75) is 13.1 Å². The fourth-order valence-electron chi connectivity index (χ4n) is 2.83. The summed E-state index contributed by atoms with van der Waals surface area (Å²) in [6.07, 6.45) is 0. The van der Waals surface area contributed by atoms with Gasteiger partial charge in [0.1, 0.15) is 5.82 Å².